The van der Waals surface area contributed by atoms with Crippen molar-refractivity contribution in [3.63, 3.8) is 0 Å². The van der Waals surface area contributed by atoms with E-state index in [1.54, 1.807) is 12.1 Å². The normalized spacial score (nSPS) is 11.2. The van der Waals surface area contributed by atoms with Crippen LogP contribution in [0.25, 0.3) is 0 Å². The molecule has 0 unspecified atom stereocenters. The van der Waals surface area contributed by atoms with Gasteiger partial charge in [-0.2, -0.15) is 0 Å². The third-order valence-electron chi connectivity index (χ3n) is 2.44. The molecule has 0 aliphatic rings. The van der Waals surface area contributed by atoms with Gasteiger partial charge in [-0.3, -0.25) is 0 Å². The van der Waals surface area contributed by atoms with Gasteiger partial charge in [0.25, 0.3) is 0 Å². The van der Waals surface area contributed by atoms with E-state index in [0.717, 1.165) is 6.54 Å². The number of ether oxygens (including phenoxy) is 1. The molecule has 1 rings (SSSR count). The lowest BCUT2D eigenvalue weighted by atomic mass is 10.2. The predicted octanol–water partition coefficient (Wildman–Crippen LogP) is 2.15. The number of likely N-dealkylation sites (N-methyl/N-ethyl adjacent to an activating group) is 1. The third-order valence-corrected chi connectivity index (χ3v) is 2.67. The van der Waals surface area contributed by atoms with Crippen molar-refractivity contribution in [2.45, 2.75) is 6.54 Å². The van der Waals surface area contributed by atoms with E-state index >= 15 is 0 Å². The Morgan fingerprint density at radius 2 is 2.11 bits per heavy atom. The van der Waals surface area contributed by atoms with Crippen LogP contribution < -0.4 is 5.32 Å². The van der Waals surface area contributed by atoms with E-state index in [1.165, 1.54) is 6.07 Å². The zero-order valence-electron chi connectivity index (χ0n) is 10.9. The number of halogens is 2. The number of hydrogen-bond donors (Lipinski definition) is 1. The predicted molar refractivity (Wildman–Crippen MR) is 72.5 cm³/mol. The van der Waals surface area contributed by atoms with Gasteiger partial charge in [0, 0.05) is 30.2 Å². The Morgan fingerprint density at radius 3 is 2.78 bits per heavy atom. The SMILES string of the molecule is CN(C)CCOCCNCc1ccc(Cl)cc1F. The molecule has 0 amide bonds. The van der Waals surface area contributed by atoms with Gasteiger partial charge in [0.2, 0.25) is 0 Å². The standard InChI is InChI=1S/C13H20ClFN2O/c1-17(2)6-8-18-7-5-16-10-11-3-4-12(14)9-13(11)15/h3-4,9,16H,5-8,10H2,1-2H3. The molecular formula is C13H20ClFN2O. The first-order chi connectivity index (χ1) is 8.59. The van der Waals surface area contributed by atoms with Gasteiger partial charge in [-0.15, -0.1) is 0 Å². The first-order valence-electron chi connectivity index (χ1n) is 5.96. The zero-order valence-corrected chi connectivity index (χ0v) is 11.6. The summed E-state index contributed by atoms with van der Waals surface area (Å²) >= 11 is 5.68. The molecule has 3 nitrogen and oxygen atoms in total. The molecule has 0 aliphatic carbocycles. The van der Waals surface area contributed by atoms with Crippen LogP contribution in [0.15, 0.2) is 18.2 Å². The Hall–Kier alpha value is -0.680. The minimum Gasteiger partial charge on any atom is -0.379 e. The fraction of sp³-hybridized carbons (Fsp3) is 0.538. The summed E-state index contributed by atoms with van der Waals surface area (Å²) in [6, 6.07) is 4.71. The fourth-order valence-electron chi connectivity index (χ4n) is 1.38. The molecule has 0 radical (unpaired) electrons. The molecule has 0 fully saturated rings. The van der Waals surface area contributed by atoms with E-state index in [1.807, 2.05) is 14.1 Å². The summed E-state index contributed by atoms with van der Waals surface area (Å²) in [7, 11) is 4.01. The summed E-state index contributed by atoms with van der Waals surface area (Å²) in [6.07, 6.45) is 0. The van der Waals surface area contributed by atoms with Crippen LogP contribution in [-0.4, -0.2) is 45.3 Å². The lowest BCUT2D eigenvalue weighted by molar-refractivity contribution is 0.119. The molecule has 0 spiro atoms. The van der Waals surface area contributed by atoms with Crippen molar-refractivity contribution < 1.29 is 9.13 Å². The molecule has 18 heavy (non-hydrogen) atoms. The topological polar surface area (TPSA) is 24.5 Å². The van der Waals surface area contributed by atoms with E-state index in [2.05, 4.69) is 10.2 Å². The number of nitrogens with zero attached hydrogens (tertiary/aromatic N) is 1. The van der Waals surface area contributed by atoms with Crippen LogP contribution in [-0.2, 0) is 11.3 Å². The second-order valence-corrected chi connectivity index (χ2v) is 4.76. The largest absolute Gasteiger partial charge is 0.379 e. The van der Waals surface area contributed by atoms with Gasteiger partial charge in [-0.25, -0.2) is 4.39 Å². The molecule has 0 saturated carbocycles. The van der Waals surface area contributed by atoms with E-state index in [0.29, 0.717) is 36.9 Å². The molecule has 0 aliphatic heterocycles. The number of benzene rings is 1. The summed E-state index contributed by atoms with van der Waals surface area (Å²) in [5, 5.41) is 3.55. The van der Waals surface area contributed by atoms with Crippen molar-refractivity contribution in [3.8, 4) is 0 Å². The lowest BCUT2D eigenvalue weighted by Crippen LogP contribution is -2.23. The van der Waals surface area contributed by atoms with Crippen LogP contribution in [0.2, 0.25) is 5.02 Å². The summed E-state index contributed by atoms with van der Waals surface area (Å²) in [5.41, 5.74) is 0.618. The van der Waals surface area contributed by atoms with Crippen LogP contribution in [0.1, 0.15) is 5.56 Å². The average Bonchev–Trinajstić information content (AvgIpc) is 2.30. The Morgan fingerprint density at radius 1 is 1.33 bits per heavy atom. The molecule has 0 heterocycles. The third kappa shape index (κ3) is 6.31. The second-order valence-electron chi connectivity index (χ2n) is 4.33. The van der Waals surface area contributed by atoms with Crippen molar-refractivity contribution in [2.24, 2.45) is 0 Å². The maximum atomic E-state index is 13.4. The van der Waals surface area contributed by atoms with Crippen LogP contribution in [0.5, 0.6) is 0 Å². The molecule has 1 aromatic rings. The highest BCUT2D eigenvalue weighted by molar-refractivity contribution is 6.30. The van der Waals surface area contributed by atoms with E-state index < -0.39 is 0 Å². The van der Waals surface area contributed by atoms with Crippen LogP contribution in [0.4, 0.5) is 4.39 Å². The van der Waals surface area contributed by atoms with Gasteiger partial charge in [-0.05, 0) is 26.2 Å². The molecule has 0 aromatic heterocycles. The van der Waals surface area contributed by atoms with Gasteiger partial charge in [0.05, 0.1) is 13.2 Å². The van der Waals surface area contributed by atoms with Crippen molar-refractivity contribution >= 4 is 11.6 Å². The molecule has 1 aromatic carbocycles. The average molecular weight is 275 g/mol. The van der Waals surface area contributed by atoms with Gasteiger partial charge in [0.15, 0.2) is 0 Å². The molecule has 102 valence electrons. The van der Waals surface area contributed by atoms with Gasteiger partial charge in [-0.1, -0.05) is 17.7 Å². The summed E-state index contributed by atoms with van der Waals surface area (Å²) in [4.78, 5) is 2.07. The Kier molecular flexibility index (Phi) is 7.20. The van der Waals surface area contributed by atoms with Crippen molar-refractivity contribution in [1.29, 1.82) is 0 Å². The molecule has 0 bridgehead atoms. The molecule has 5 heteroatoms. The van der Waals surface area contributed by atoms with E-state index in [-0.39, 0.29) is 5.82 Å². The maximum absolute atomic E-state index is 13.4. The highest BCUT2D eigenvalue weighted by Gasteiger charge is 2.01. The minimum absolute atomic E-state index is 0.275. The number of hydrogen-bond acceptors (Lipinski definition) is 3. The molecule has 0 atom stereocenters. The Balaban J connectivity index is 2.11. The van der Waals surface area contributed by atoms with Gasteiger partial charge < -0.3 is 15.0 Å². The first-order valence-corrected chi connectivity index (χ1v) is 6.34. The fourth-order valence-corrected chi connectivity index (χ4v) is 1.54. The molecule has 1 N–H and O–H groups in total. The number of nitrogens with one attached hydrogen (secondary N) is 1. The number of rotatable bonds is 8. The summed E-state index contributed by atoms with van der Waals surface area (Å²) < 4.78 is 18.8. The highest BCUT2D eigenvalue weighted by atomic mass is 35.5. The molecule has 0 saturated heterocycles. The van der Waals surface area contributed by atoms with Crippen LogP contribution in [0.3, 0.4) is 0 Å². The smallest absolute Gasteiger partial charge is 0.129 e. The Bertz CT molecular complexity index is 361. The summed E-state index contributed by atoms with van der Waals surface area (Å²) in [5.74, 6) is -0.275. The van der Waals surface area contributed by atoms with E-state index in [4.69, 9.17) is 16.3 Å². The monoisotopic (exact) mass is 274 g/mol. The molecular weight excluding hydrogens is 255 g/mol. The van der Waals surface area contributed by atoms with Crippen LogP contribution >= 0.6 is 11.6 Å². The maximum Gasteiger partial charge on any atom is 0.129 e. The quantitative estimate of drug-likeness (QED) is 0.735. The summed E-state index contributed by atoms with van der Waals surface area (Å²) in [6.45, 7) is 3.44. The first kappa shape index (κ1) is 15.4. The second kappa shape index (κ2) is 8.43. The van der Waals surface area contributed by atoms with Crippen molar-refractivity contribution in [2.75, 3.05) is 40.4 Å². The van der Waals surface area contributed by atoms with Gasteiger partial charge in [0.1, 0.15) is 5.82 Å². The van der Waals surface area contributed by atoms with Crippen molar-refractivity contribution in [1.82, 2.24) is 10.2 Å². The van der Waals surface area contributed by atoms with E-state index in [9.17, 15) is 4.39 Å². The zero-order chi connectivity index (χ0) is 13.4. The Labute approximate surface area is 113 Å². The lowest BCUT2D eigenvalue weighted by Gasteiger charge is -2.10. The van der Waals surface area contributed by atoms with Crippen LogP contribution in [0, 0.1) is 5.82 Å². The van der Waals surface area contributed by atoms with Gasteiger partial charge >= 0.3 is 0 Å². The van der Waals surface area contributed by atoms with Crippen molar-refractivity contribution in [3.05, 3.63) is 34.6 Å². The highest BCUT2D eigenvalue weighted by Crippen LogP contribution is 2.14. The minimum atomic E-state index is -0.275.